The van der Waals surface area contributed by atoms with E-state index in [4.69, 9.17) is 16.3 Å². The molecule has 2 amide bonds. The van der Waals surface area contributed by atoms with Gasteiger partial charge in [-0.25, -0.2) is 8.42 Å². The van der Waals surface area contributed by atoms with Crippen molar-refractivity contribution in [2.75, 3.05) is 30.3 Å². The van der Waals surface area contributed by atoms with Crippen molar-refractivity contribution < 1.29 is 22.7 Å². The first-order valence-electron chi connectivity index (χ1n) is 13.7. The maximum atomic E-state index is 13.8. The molecule has 0 heterocycles. The molecule has 0 bridgehead atoms. The Kier molecular flexibility index (Phi) is 12.0. The monoisotopic (exact) mass is 599 g/mol. The number of carbonyl (C=O) groups excluding carboxylic acids is 2. The molecule has 220 valence electrons. The molecule has 1 N–H and O–H groups in total. The summed E-state index contributed by atoms with van der Waals surface area (Å²) in [6.45, 7) is 4.93. The van der Waals surface area contributed by atoms with Gasteiger partial charge in [-0.05, 0) is 67.8 Å². The van der Waals surface area contributed by atoms with Crippen molar-refractivity contribution in [1.29, 1.82) is 0 Å². The number of benzene rings is 3. The molecule has 0 unspecified atom stereocenters. The van der Waals surface area contributed by atoms with Crippen molar-refractivity contribution in [3.8, 4) is 5.75 Å². The average Bonchev–Trinajstić information content (AvgIpc) is 2.94. The van der Waals surface area contributed by atoms with Crippen LogP contribution in [0.3, 0.4) is 0 Å². The summed E-state index contributed by atoms with van der Waals surface area (Å²) in [5.74, 6) is 0.141. The van der Waals surface area contributed by atoms with Crippen molar-refractivity contribution in [1.82, 2.24) is 10.2 Å². The minimum atomic E-state index is -3.60. The van der Waals surface area contributed by atoms with Crippen LogP contribution in [0.4, 0.5) is 5.69 Å². The number of carbonyl (C=O) groups is 2. The van der Waals surface area contributed by atoms with Gasteiger partial charge in [0, 0.05) is 37.5 Å². The number of sulfonamides is 1. The van der Waals surface area contributed by atoms with E-state index < -0.39 is 16.1 Å². The smallest absolute Gasteiger partial charge is 0.243 e. The Balaban J connectivity index is 1.84. The first-order valence-corrected chi connectivity index (χ1v) is 15.9. The fraction of sp³-hybridized carbons (Fsp3) is 0.355. The van der Waals surface area contributed by atoms with Crippen molar-refractivity contribution in [2.24, 2.45) is 0 Å². The molecule has 3 aromatic carbocycles. The largest absolute Gasteiger partial charge is 0.494 e. The summed E-state index contributed by atoms with van der Waals surface area (Å²) >= 11 is 6.22. The van der Waals surface area contributed by atoms with Crippen molar-refractivity contribution in [3.05, 3.63) is 95.0 Å². The van der Waals surface area contributed by atoms with E-state index >= 15 is 0 Å². The normalized spacial score (nSPS) is 11.9. The minimum absolute atomic E-state index is 0.0499. The van der Waals surface area contributed by atoms with Crippen LogP contribution >= 0.6 is 11.6 Å². The molecule has 3 rings (SSSR count). The van der Waals surface area contributed by atoms with Crippen LogP contribution in [0.15, 0.2) is 78.9 Å². The van der Waals surface area contributed by atoms with Gasteiger partial charge >= 0.3 is 0 Å². The number of hydrogen-bond acceptors (Lipinski definition) is 5. The molecule has 0 saturated heterocycles. The van der Waals surface area contributed by atoms with Crippen LogP contribution in [0.25, 0.3) is 0 Å². The topological polar surface area (TPSA) is 96.0 Å². The van der Waals surface area contributed by atoms with Crippen molar-refractivity contribution in [3.63, 3.8) is 0 Å². The lowest BCUT2D eigenvalue weighted by molar-refractivity contribution is -0.141. The number of amides is 2. The van der Waals surface area contributed by atoms with Gasteiger partial charge in [-0.15, -0.1) is 0 Å². The lowest BCUT2D eigenvalue weighted by Crippen LogP contribution is -2.50. The Morgan fingerprint density at radius 1 is 0.951 bits per heavy atom. The van der Waals surface area contributed by atoms with Gasteiger partial charge in [0.1, 0.15) is 11.8 Å². The van der Waals surface area contributed by atoms with Crippen LogP contribution in [0.5, 0.6) is 5.75 Å². The Hall–Kier alpha value is -3.56. The zero-order chi connectivity index (χ0) is 29.8. The predicted molar refractivity (Wildman–Crippen MR) is 164 cm³/mol. The van der Waals surface area contributed by atoms with E-state index in [0.717, 1.165) is 17.4 Å². The minimum Gasteiger partial charge on any atom is -0.494 e. The SMILES string of the molecule is CCNC(=O)[C@H](Cc1ccccc1)N(Cc1cccc(Cl)c1)C(=O)CCCN(c1ccc(OCC)cc1)S(C)(=O)=O. The Labute approximate surface area is 248 Å². The third kappa shape index (κ3) is 9.79. The second kappa shape index (κ2) is 15.4. The molecule has 41 heavy (non-hydrogen) atoms. The van der Waals surface area contributed by atoms with Crippen LogP contribution < -0.4 is 14.4 Å². The summed E-state index contributed by atoms with van der Waals surface area (Å²) in [5.41, 5.74) is 2.20. The maximum absolute atomic E-state index is 13.8. The fourth-order valence-electron chi connectivity index (χ4n) is 4.56. The number of hydrogen-bond donors (Lipinski definition) is 1. The predicted octanol–water partition coefficient (Wildman–Crippen LogP) is 5.06. The van der Waals surface area contributed by atoms with Crippen LogP contribution in [-0.4, -0.2) is 57.1 Å². The number of halogens is 1. The molecule has 0 aromatic heterocycles. The molecule has 10 heteroatoms. The molecule has 0 spiro atoms. The number of rotatable bonds is 15. The number of nitrogens with zero attached hydrogens (tertiary/aromatic N) is 2. The number of nitrogens with one attached hydrogen (secondary N) is 1. The lowest BCUT2D eigenvalue weighted by Gasteiger charge is -2.32. The summed E-state index contributed by atoms with van der Waals surface area (Å²) in [4.78, 5) is 28.7. The quantitative estimate of drug-likeness (QED) is 0.263. The van der Waals surface area contributed by atoms with E-state index in [2.05, 4.69) is 5.32 Å². The van der Waals surface area contributed by atoms with E-state index in [1.54, 1.807) is 47.4 Å². The van der Waals surface area contributed by atoms with Gasteiger partial charge in [0.05, 0.1) is 18.6 Å². The first-order chi connectivity index (χ1) is 19.6. The summed E-state index contributed by atoms with van der Waals surface area (Å²) in [7, 11) is -3.60. The molecule has 0 aliphatic carbocycles. The molecular formula is C31H38ClN3O5S. The zero-order valence-electron chi connectivity index (χ0n) is 23.8. The second-order valence-corrected chi connectivity index (χ2v) is 12.0. The molecule has 0 fully saturated rings. The van der Waals surface area contributed by atoms with Gasteiger partial charge in [-0.2, -0.15) is 0 Å². The standard InChI is InChI=1S/C31H38ClN3O5S/c1-4-33-31(37)29(22-24-11-7-6-8-12-24)34(23-25-13-9-14-26(32)21-25)30(36)15-10-20-35(41(3,38)39)27-16-18-28(19-17-27)40-5-2/h6-9,11-14,16-19,21,29H,4-5,10,15,20,22-23H2,1-3H3,(H,33,37)/t29-/m0/s1. The van der Waals surface area contributed by atoms with Crippen LogP contribution in [0.1, 0.15) is 37.8 Å². The highest BCUT2D eigenvalue weighted by Gasteiger charge is 2.30. The molecule has 0 saturated carbocycles. The molecule has 0 aliphatic rings. The summed E-state index contributed by atoms with van der Waals surface area (Å²) in [5, 5.41) is 3.40. The third-order valence-corrected chi connectivity index (χ3v) is 7.88. The molecule has 0 aliphatic heterocycles. The van der Waals surface area contributed by atoms with Gasteiger partial charge in [0.25, 0.3) is 0 Å². The van der Waals surface area contributed by atoms with E-state index in [1.165, 1.54) is 4.31 Å². The molecular weight excluding hydrogens is 562 g/mol. The first kappa shape index (κ1) is 32.0. The highest BCUT2D eigenvalue weighted by Crippen LogP contribution is 2.23. The molecule has 0 radical (unpaired) electrons. The zero-order valence-corrected chi connectivity index (χ0v) is 25.3. The highest BCUT2D eigenvalue weighted by atomic mass is 35.5. The van der Waals surface area contributed by atoms with E-state index in [9.17, 15) is 18.0 Å². The number of ether oxygens (including phenoxy) is 1. The van der Waals surface area contributed by atoms with Gasteiger partial charge in [-0.3, -0.25) is 13.9 Å². The van der Waals surface area contributed by atoms with Gasteiger partial charge in [0.15, 0.2) is 0 Å². The van der Waals surface area contributed by atoms with Gasteiger partial charge in [-0.1, -0.05) is 54.1 Å². The lowest BCUT2D eigenvalue weighted by atomic mass is 10.0. The molecule has 1 atom stereocenters. The van der Waals surface area contributed by atoms with Crippen LogP contribution in [0, 0.1) is 0 Å². The summed E-state index contributed by atoms with van der Waals surface area (Å²) < 4.78 is 32.0. The third-order valence-electron chi connectivity index (χ3n) is 6.45. The Morgan fingerprint density at radius 2 is 1.63 bits per heavy atom. The van der Waals surface area contributed by atoms with Crippen molar-refractivity contribution in [2.45, 2.75) is 45.7 Å². The van der Waals surface area contributed by atoms with E-state index in [0.29, 0.717) is 36.0 Å². The fourth-order valence-corrected chi connectivity index (χ4v) is 5.74. The summed E-state index contributed by atoms with van der Waals surface area (Å²) in [6, 6.07) is 22.8. The second-order valence-electron chi connectivity index (χ2n) is 9.62. The molecule has 8 nitrogen and oxygen atoms in total. The highest BCUT2D eigenvalue weighted by molar-refractivity contribution is 7.92. The number of likely N-dealkylation sites (N-methyl/N-ethyl adjacent to an activating group) is 1. The van der Waals surface area contributed by atoms with Crippen LogP contribution in [0.2, 0.25) is 5.02 Å². The average molecular weight is 600 g/mol. The van der Waals surface area contributed by atoms with E-state index in [-0.39, 0.29) is 37.7 Å². The Morgan fingerprint density at radius 3 is 2.24 bits per heavy atom. The van der Waals surface area contributed by atoms with Gasteiger partial charge in [0.2, 0.25) is 21.8 Å². The molecule has 3 aromatic rings. The van der Waals surface area contributed by atoms with Crippen molar-refractivity contribution >= 4 is 39.1 Å². The summed E-state index contributed by atoms with van der Waals surface area (Å²) in [6.07, 6.45) is 1.79. The maximum Gasteiger partial charge on any atom is 0.243 e. The Bertz CT molecular complexity index is 1380. The van der Waals surface area contributed by atoms with Gasteiger partial charge < -0.3 is 15.0 Å². The van der Waals surface area contributed by atoms with Crippen LogP contribution in [-0.2, 0) is 32.6 Å². The number of anilines is 1. The van der Waals surface area contributed by atoms with E-state index in [1.807, 2.05) is 50.2 Å².